The zero-order chi connectivity index (χ0) is 15.9. The summed E-state index contributed by atoms with van der Waals surface area (Å²) >= 11 is 0. The molecule has 9 nitrogen and oxygen atoms in total. The van der Waals surface area contributed by atoms with Gasteiger partial charge in [-0.1, -0.05) is 11.4 Å². The molecule has 2 aromatic rings. The van der Waals surface area contributed by atoms with Crippen LogP contribution in [0.2, 0.25) is 0 Å². The van der Waals surface area contributed by atoms with Crippen molar-refractivity contribution in [1.82, 2.24) is 30.8 Å². The monoisotopic (exact) mass is 304 g/mol. The summed E-state index contributed by atoms with van der Waals surface area (Å²) in [6.07, 6.45) is 2.05. The van der Waals surface area contributed by atoms with Crippen LogP contribution in [0.1, 0.15) is 24.0 Å². The van der Waals surface area contributed by atoms with Gasteiger partial charge < -0.3 is 15.1 Å². The third-order valence-electron chi connectivity index (χ3n) is 2.63. The molecular formula is C13H16N6O3. The molecule has 0 saturated heterocycles. The molecule has 0 unspecified atom stereocenters. The second-order valence-electron chi connectivity index (χ2n) is 4.50. The highest BCUT2D eigenvalue weighted by molar-refractivity contribution is 5.92. The van der Waals surface area contributed by atoms with E-state index in [2.05, 4.69) is 32.6 Å². The van der Waals surface area contributed by atoms with Crippen LogP contribution in [0.3, 0.4) is 0 Å². The minimum atomic E-state index is -0.441. The van der Waals surface area contributed by atoms with Crippen molar-refractivity contribution in [3.05, 3.63) is 36.4 Å². The molecule has 0 aliphatic rings. The number of rotatable bonds is 7. The van der Waals surface area contributed by atoms with Gasteiger partial charge >= 0.3 is 0 Å². The first-order valence-corrected chi connectivity index (χ1v) is 6.63. The normalized spacial score (nSPS) is 10.2. The number of carbonyl (C=O) groups is 2. The lowest BCUT2D eigenvalue weighted by molar-refractivity contribution is -0.117. The van der Waals surface area contributed by atoms with E-state index in [4.69, 9.17) is 4.42 Å². The molecule has 0 fully saturated rings. The molecular weight excluding hydrogens is 288 g/mol. The number of tetrazole rings is 1. The highest BCUT2D eigenvalue weighted by atomic mass is 16.3. The quantitative estimate of drug-likeness (QED) is 0.552. The fourth-order valence-electron chi connectivity index (χ4n) is 1.50. The predicted molar refractivity (Wildman–Crippen MR) is 76.2 cm³/mol. The highest BCUT2D eigenvalue weighted by Crippen LogP contribution is 2.03. The fourth-order valence-corrected chi connectivity index (χ4v) is 1.50. The Bertz CT molecular complexity index is 661. The topological polar surface area (TPSA) is 115 Å². The Morgan fingerprint density at radius 2 is 2.14 bits per heavy atom. The zero-order valence-electron chi connectivity index (χ0n) is 12.1. The van der Waals surface area contributed by atoms with E-state index >= 15 is 0 Å². The fraction of sp³-hybridized carbons (Fsp3) is 0.308. The second-order valence-corrected chi connectivity index (χ2v) is 4.50. The van der Waals surface area contributed by atoms with E-state index in [0.717, 1.165) is 4.80 Å². The number of furan rings is 1. The number of aromatic nitrogens is 4. The van der Waals surface area contributed by atoms with Crippen LogP contribution >= 0.6 is 0 Å². The molecule has 0 aromatic carbocycles. The molecule has 0 atom stereocenters. The lowest BCUT2D eigenvalue weighted by atomic mass is 10.3. The summed E-state index contributed by atoms with van der Waals surface area (Å²) in [6, 6.07) is 3.32. The summed E-state index contributed by atoms with van der Waals surface area (Å²) in [6.45, 7) is 5.98. The Balaban J connectivity index is 1.74. The number of nitrogens with zero attached hydrogens (tertiary/aromatic N) is 4. The number of hydrogen-bond acceptors (Lipinski definition) is 6. The minimum absolute atomic E-state index is 0.0534. The lowest BCUT2D eigenvalue weighted by Crippen LogP contribution is -2.30. The molecule has 9 heteroatoms. The van der Waals surface area contributed by atoms with Crippen molar-refractivity contribution < 1.29 is 14.0 Å². The van der Waals surface area contributed by atoms with Crippen LogP contribution in [0.4, 0.5) is 0 Å². The van der Waals surface area contributed by atoms with Crippen LogP contribution in [0.15, 0.2) is 35.0 Å². The van der Waals surface area contributed by atoms with Gasteiger partial charge in [0.15, 0.2) is 0 Å². The van der Waals surface area contributed by atoms with Gasteiger partial charge in [0.1, 0.15) is 0 Å². The molecule has 2 heterocycles. The average molecular weight is 304 g/mol. The third-order valence-corrected chi connectivity index (χ3v) is 2.63. The zero-order valence-corrected chi connectivity index (χ0v) is 12.1. The molecule has 22 heavy (non-hydrogen) atoms. The maximum Gasteiger partial charge on any atom is 0.292 e. The SMILES string of the molecule is C=C(C)C(=O)NCCCNC(=O)c1nnn(-c2ccco2)n1. The average Bonchev–Trinajstić information content (AvgIpc) is 3.16. The first-order valence-electron chi connectivity index (χ1n) is 6.63. The first-order chi connectivity index (χ1) is 10.6. The van der Waals surface area contributed by atoms with Crippen molar-refractivity contribution in [2.24, 2.45) is 0 Å². The molecule has 0 saturated carbocycles. The van der Waals surface area contributed by atoms with Crippen LogP contribution < -0.4 is 10.6 Å². The molecule has 2 N–H and O–H groups in total. The van der Waals surface area contributed by atoms with E-state index in [-0.39, 0.29) is 11.7 Å². The maximum absolute atomic E-state index is 11.8. The standard InChI is InChI=1S/C13H16N6O3/c1-9(2)12(20)14-6-4-7-15-13(21)11-16-18-19(17-11)10-5-3-8-22-10/h3,5,8H,1,4,6-7H2,2H3,(H,14,20)(H,15,21). The number of nitrogens with one attached hydrogen (secondary N) is 2. The van der Waals surface area contributed by atoms with E-state index in [9.17, 15) is 9.59 Å². The minimum Gasteiger partial charge on any atom is -0.445 e. The van der Waals surface area contributed by atoms with E-state index in [1.807, 2.05) is 0 Å². The summed E-state index contributed by atoms with van der Waals surface area (Å²) in [4.78, 5) is 24.2. The van der Waals surface area contributed by atoms with Crippen LogP contribution in [-0.4, -0.2) is 45.1 Å². The van der Waals surface area contributed by atoms with Crippen molar-refractivity contribution in [2.45, 2.75) is 13.3 Å². The van der Waals surface area contributed by atoms with Crippen LogP contribution in [0, 0.1) is 0 Å². The number of hydrogen-bond donors (Lipinski definition) is 2. The Morgan fingerprint density at radius 1 is 1.36 bits per heavy atom. The van der Waals surface area contributed by atoms with Crippen LogP contribution in [0.25, 0.3) is 5.88 Å². The van der Waals surface area contributed by atoms with Gasteiger partial charge in [0.25, 0.3) is 11.7 Å². The molecule has 116 valence electrons. The molecule has 0 aliphatic carbocycles. The third kappa shape index (κ3) is 4.01. The van der Waals surface area contributed by atoms with Gasteiger partial charge in [-0.25, -0.2) is 0 Å². The van der Waals surface area contributed by atoms with Crippen molar-refractivity contribution in [3.63, 3.8) is 0 Å². The van der Waals surface area contributed by atoms with Gasteiger partial charge in [0.05, 0.1) is 6.26 Å². The second kappa shape index (κ2) is 7.16. The Labute approximate surface area is 126 Å². The van der Waals surface area contributed by atoms with E-state index in [1.54, 1.807) is 19.1 Å². The Morgan fingerprint density at radius 3 is 2.82 bits per heavy atom. The van der Waals surface area contributed by atoms with E-state index in [1.165, 1.54) is 6.26 Å². The molecule has 0 aliphatic heterocycles. The van der Waals surface area contributed by atoms with Crippen molar-refractivity contribution in [1.29, 1.82) is 0 Å². The van der Waals surface area contributed by atoms with E-state index in [0.29, 0.717) is 31.0 Å². The van der Waals surface area contributed by atoms with Gasteiger partial charge in [0.2, 0.25) is 11.8 Å². The van der Waals surface area contributed by atoms with Gasteiger partial charge in [-0.2, -0.15) is 0 Å². The summed E-state index contributed by atoms with van der Waals surface area (Å²) in [7, 11) is 0. The number of amides is 2. The van der Waals surface area contributed by atoms with Gasteiger partial charge in [-0.3, -0.25) is 9.59 Å². The molecule has 2 amide bonds. The predicted octanol–water partition coefficient (Wildman–Crippen LogP) is 0.0675. The van der Waals surface area contributed by atoms with E-state index < -0.39 is 5.91 Å². The highest BCUT2D eigenvalue weighted by Gasteiger charge is 2.13. The van der Waals surface area contributed by atoms with Crippen LogP contribution in [-0.2, 0) is 4.79 Å². The smallest absolute Gasteiger partial charge is 0.292 e. The molecule has 2 aromatic heterocycles. The number of carbonyl (C=O) groups excluding carboxylic acids is 2. The van der Waals surface area contributed by atoms with Gasteiger partial charge in [0, 0.05) is 24.7 Å². The molecule has 0 spiro atoms. The summed E-state index contributed by atoms with van der Waals surface area (Å²) < 4.78 is 5.09. The summed E-state index contributed by atoms with van der Waals surface area (Å²) in [5, 5.41) is 16.6. The first kappa shape index (κ1) is 15.4. The lowest BCUT2D eigenvalue weighted by Gasteiger charge is -2.04. The summed E-state index contributed by atoms with van der Waals surface area (Å²) in [5.41, 5.74) is 0.447. The van der Waals surface area contributed by atoms with Crippen LogP contribution in [0.5, 0.6) is 0 Å². The molecule has 2 rings (SSSR count). The molecule has 0 radical (unpaired) electrons. The largest absolute Gasteiger partial charge is 0.445 e. The van der Waals surface area contributed by atoms with Crippen molar-refractivity contribution in [2.75, 3.05) is 13.1 Å². The maximum atomic E-state index is 11.8. The van der Waals surface area contributed by atoms with Gasteiger partial charge in [-0.15, -0.1) is 10.2 Å². The van der Waals surface area contributed by atoms with Crippen molar-refractivity contribution in [3.8, 4) is 5.88 Å². The summed E-state index contributed by atoms with van der Waals surface area (Å²) in [5.74, 6) is -0.324. The Kier molecular flexibility index (Phi) is 5.02. The van der Waals surface area contributed by atoms with Crippen molar-refractivity contribution >= 4 is 11.8 Å². The molecule has 0 bridgehead atoms. The van der Waals surface area contributed by atoms with Gasteiger partial charge in [-0.05, 0) is 24.6 Å². The Hall–Kier alpha value is -2.97.